The van der Waals surface area contributed by atoms with Crippen LogP contribution in [0.2, 0.25) is 0 Å². The summed E-state index contributed by atoms with van der Waals surface area (Å²) < 4.78 is 27.2. The van der Waals surface area contributed by atoms with E-state index < -0.39 is 10.0 Å². The maximum absolute atomic E-state index is 12.8. The molecule has 0 bridgehead atoms. The maximum atomic E-state index is 12.8. The monoisotopic (exact) mass is 438 g/mol. The number of rotatable bonds is 5. The molecular weight excluding hydrogens is 404 g/mol. The molecule has 2 fully saturated rings. The average molecular weight is 439 g/mol. The second-order valence-corrected chi connectivity index (χ2v) is 11.5. The second kappa shape index (κ2) is 10.2. The molecule has 0 spiro atoms. The zero-order chi connectivity index (χ0) is 20.9. The first-order valence-corrected chi connectivity index (χ1v) is 13.0. The third kappa shape index (κ3) is 5.67. The molecule has 1 aromatic carbocycles. The average Bonchev–Trinajstić information content (AvgIpc) is 2.75. The summed E-state index contributed by atoms with van der Waals surface area (Å²) >= 11 is 2.06. The second-order valence-electron chi connectivity index (χ2n) is 8.19. The van der Waals surface area contributed by atoms with Crippen LogP contribution in [0.15, 0.2) is 40.2 Å². The van der Waals surface area contributed by atoms with E-state index in [-0.39, 0.29) is 0 Å². The Hall–Kier alpha value is -1.25. The number of nitrogens with one attached hydrogen (secondary N) is 1. The van der Waals surface area contributed by atoms with Crippen LogP contribution in [0.25, 0.3) is 0 Å². The summed E-state index contributed by atoms with van der Waals surface area (Å²) in [6.45, 7) is 8.65. The lowest BCUT2D eigenvalue weighted by molar-refractivity contribution is 0.271. The van der Waals surface area contributed by atoms with Gasteiger partial charge in [-0.3, -0.25) is 4.99 Å². The predicted octanol–water partition coefficient (Wildman–Crippen LogP) is 2.74. The summed E-state index contributed by atoms with van der Waals surface area (Å²) in [4.78, 5) is 7.26. The summed E-state index contributed by atoms with van der Waals surface area (Å²) in [5.41, 5.74) is 0. The van der Waals surface area contributed by atoms with Crippen LogP contribution in [0.5, 0.6) is 0 Å². The Morgan fingerprint density at radius 2 is 1.90 bits per heavy atom. The lowest BCUT2D eigenvalue weighted by Crippen LogP contribution is -2.50. The minimum atomic E-state index is -3.37. The van der Waals surface area contributed by atoms with Crippen LogP contribution in [0.3, 0.4) is 0 Å². The van der Waals surface area contributed by atoms with Crippen molar-refractivity contribution in [1.29, 1.82) is 0 Å². The fraction of sp³-hybridized carbons (Fsp3) is 0.667. The molecule has 1 N–H and O–H groups in total. The van der Waals surface area contributed by atoms with Crippen molar-refractivity contribution < 1.29 is 8.42 Å². The Kier molecular flexibility index (Phi) is 7.87. The van der Waals surface area contributed by atoms with Gasteiger partial charge in [-0.2, -0.15) is 16.1 Å². The summed E-state index contributed by atoms with van der Waals surface area (Å²) in [6.07, 6.45) is 1.75. The quantitative estimate of drug-likeness (QED) is 0.566. The van der Waals surface area contributed by atoms with Gasteiger partial charge in [-0.25, -0.2) is 8.42 Å². The van der Waals surface area contributed by atoms with Crippen LogP contribution in [0.1, 0.15) is 26.7 Å². The minimum Gasteiger partial charge on any atom is -0.356 e. The summed E-state index contributed by atoms with van der Waals surface area (Å²) in [5, 5.41) is 4.20. The highest BCUT2D eigenvalue weighted by Gasteiger charge is 2.30. The number of nitrogens with zero attached hydrogens (tertiary/aromatic N) is 3. The van der Waals surface area contributed by atoms with Gasteiger partial charge in [0, 0.05) is 50.8 Å². The number of piperidine rings is 1. The first-order valence-electron chi connectivity index (χ1n) is 10.5. The molecule has 2 heterocycles. The van der Waals surface area contributed by atoms with Crippen molar-refractivity contribution in [3.8, 4) is 0 Å². The Labute approximate surface area is 180 Å². The third-order valence-corrected chi connectivity index (χ3v) is 9.30. The fourth-order valence-corrected chi connectivity index (χ4v) is 6.72. The van der Waals surface area contributed by atoms with Crippen LogP contribution in [-0.2, 0) is 10.0 Å². The summed E-state index contributed by atoms with van der Waals surface area (Å²) in [5.74, 6) is 3.25. The standard InChI is InChI=1S/C21H34N4O2S2/c1-17(2)20-16-24(13-14-28-20)21(22-3)23-15-18-9-11-25(12-10-18)29(26,27)19-7-5-4-6-8-19/h4-8,17-18,20H,9-16H2,1-3H3,(H,22,23). The Morgan fingerprint density at radius 1 is 1.21 bits per heavy atom. The minimum absolute atomic E-state index is 0.389. The number of aliphatic imine (C=N–C) groups is 1. The SMILES string of the molecule is CN=C(NCC1CCN(S(=O)(=O)c2ccccc2)CC1)N1CCSC(C(C)C)C1. The van der Waals surface area contributed by atoms with E-state index in [0.29, 0.717) is 35.1 Å². The van der Waals surface area contributed by atoms with Gasteiger partial charge in [-0.15, -0.1) is 0 Å². The van der Waals surface area contributed by atoms with E-state index in [0.717, 1.165) is 44.2 Å². The fourth-order valence-electron chi connectivity index (χ4n) is 3.93. The number of hydrogen-bond acceptors (Lipinski definition) is 4. The summed E-state index contributed by atoms with van der Waals surface area (Å²) in [7, 11) is -1.52. The molecule has 0 aromatic heterocycles. The van der Waals surface area contributed by atoms with Crippen molar-refractivity contribution in [2.24, 2.45) is 16.8 Å². The molecule has 8 heteroatoms. The molecule has 162 valence electrons. The van der Waals surface area contributed by atoms with Crippen molar-refractivity contribution in [3.05, 3.63) is 30.3 Å². The van der Waals surface area contributed by atoms with Crippen LogP contribution >= 0.6 is 11.8 Å². The van der Waals surface area contributed by atoms with E-state index in [1.807, 2.05) is 13.1 Å². The van der Waals surface area contributed by atoms with Gasteiger partial charge in [0.1, 0.15) is 0 Å². The van der Waals surface area contributed by atoms with Gasteiger partial charge < -0.3 is 10.2 Å². The molecule has 1 aromatic rings. The Bertz CT molecular complexity index is 775. The molecule has 0 aliphatic carbocycles. The van der Waals surface area contributed by atoms with E-state index >= 15 is 0 Å². The van der Waals surface area contributed by atoms with Gasteiger partial charge in [0.25, 0.3) is 0 Å². The number of benzene rings is 1. The number of hydrogen-bond donors (Lipinski definition) is 1. The Balaban J connectivity index is 1.49. The van der Waals surface area contributed by atoms with Gasteiger partial charge in [-0.05, 0) is 36.8 Å². The van der Waals surface area contributed by atoms with Gasteiger partial charge in [0.2, 0.25) is 10.0 Å². The van der Waals surface area contributed by atoms with Crippen LogP contribution < -0.4 is 5.32 Å². The zero-order valence-electron chi connectivity index (χ0n) is 17.8. The van der Waals surface area contributed by atoms with Crippen molar-refractivity contribution in [3.63, 3.8) is 0 Å². The largest absolute Gasteiger partial charge is 0.356 e. The van der Waals surface area contributed by atoms with Crippen molar-refractivity contribution >= 4 is 27.7 Å². The van der Waals surface area contributed by atoms with Crippen molar-refractivity contribution in [1.82, 2.24) is 14.5 Å². The first kappa shape index (κ1) is 22.4. The zero-order valence-corrected chi connectivity index (χ0v) is 19.4. The highest BCUT2D eigenvalue weighted by Crippen LogP contribution is 2.26. The third-order valence-electron chi connectivity index (χ3n) is 5.85. The van der Waals surface area contributed by atoms with E-state index in [1.165, 1.54) is 0 Å². The van der Waals surface area contributed by atoms with Crippen molar-refractivity contribution in [2.75, 3.05) is 45.5 Å². The molecule has 3 rings (SSSR count). The topological polar surface area (TPSA) is 65.0 Å². The number of thioether (sulfide) groups is 1. The molecule has 29 heavy (non-hydrogen) atoms. The molecule has 1 atom stereocenters. The lowest BCUT2D eigenvalue weighted by Gasteiger charge is -2.37. The van der Waals surface area contributed by atoms with E-state index in [9.17, 15) is 8.42 Å². The van der Waals surface area contributed by atoms with E-state index in [2.05, 4.69) is 40.8 Å². The Morgan fingerprint density at radius 3 is 2.52 bits per heavy atom. The molecule has 0 amide bonds. The highest BCUT2D eigenvalue weighted by atomic mass is 32.2. The lowest BCUT2D eigenvalue weighted by atomic mass is 9.98. The molecular formula is C21H34N4O2S2. The smallest absolute Gasteiger partial charge is 0.243 e. The molecule has 0 saturated carbocycles. The molecule has 2 aliphatic rings. The molecule has 2 aliphatic heterocycles. The molecule has 0 radical (unpaired) electrons. The van der Waals surface area contributed by atoms with Gasteiger partial charge >= 0.3 is 0 Å². The van der Waals surface area contributed by atoms with E-state index in [4.69, 9.17) is 0 Å². The normalized spacial score (nSPS) is 22.8. The number of guanidine groups is 1. The predicted molar refractivity (Wildman–Crippen MR) is 122 cm³/mol. The molecule has 6 nitrogen and oxygen atoms in total. The van der Waals surface area contributed by atoms with Crippen LogP contribution in [-0.4, -0.2) is 74.4 Å². The first-order chi connectivity index (χ1) is 13.9. The van der Waals surface area contributed by atoms with Crippen LogP contribution in [0, 0.1) is 11.8 Å². The molecule has 1 unspecified atom stereocenters. The van der Waals surface area contributed by atoms with Gasteiger partial charge in [-0.1, -0.05) is 32.0 Å². The van der Waals surface area contributed by atoms with Crippen molar-refractivity contribution in [2.45, 2.75) is 36.8 Å². The summed E-state index contributed by atoms with van der Waals surface area (Å²) in [6, 6.07) is 8.74. The maximum Gasteiger partial charge on any atom is 0.243 e. The van der Waals surface area contributed by atoms with Gasteiger partial charge in [0.15, 0.2) is 5.96 Å². The highest BCUT2D eigenvalue weighted by molar-refractivity contribution is 8.00. The molecule has 2 saturated heterocycles. The van der Waals surface area contributed by atoms with Crippen LogP contribution in [0.4, 0.5) is 0 Å². The number of sulfonamides is 1. The van der Waals surface area contributed by atoms with Gasteiger partial charge in [0.05, 0.1) is 4.90 Å². The van der Waals surface area contributed by atoms with E-state index in [1.54, 1.807) is 28.6 Å².